The SMILES string of the molecule is [B]CCC(=O)C(CCCCN(CC(O)C(O)C(O)CCO)CC(O)C(O)C(O)CCO)NC(C)=O. The first-order chi connectivity index (χ1) is 16.5. The molecular weight excluding hydrogens is 463 g/mol. The lowest BCUT2D eigenvalue weighted by Crippen LogP contribution is -2.50. The van der Waals surface area contributed by atoms with Crippen LogP contribution in [0.25, 0.3) is 0 Å². The number of carbonyl (C=O) groups is 2. The van der Waals surface area contributed by atoms with Crippen molar-refractivity contribution in [2.75, 3.05) is 32.8 Å². The Morgan fingerprint density at radius 1 is 0.800 bits per heavy atom. The highest BCUT2D eigenvalue weighted by atomic mass is 16.4. The molecule has 7 unspecified atom stereocenters. The zero-order chi connectivity index (χ0) is 27.0. The van der Waals surface area contributed by atoms with Gasteiger partial charge in [-0.3, -0.25) is 14.5 Å². The van der Waals surface area contributed by atoms with Crippen LogP contribution < -0.4 is 5.32 Å². The van der Waals surface area contributed by atoms with Gasteiger partial charge in [-0.05, 0) is 38.6 Å². The van der Waals surface area contributed by atoms with Crippen LogP contribution in [0.3, 0.4) is 0 Å². The number of nitrogens with zero attached hydrogens (tertiary/aromatic N) is 1. The van der Waals surface area contributed by atoms with E-state index in [9.17, 15) is 40.2 Å². The summed E-state index contributed by atoms with van der Waals surface area (Å²) in [6, 6.07) is -0.688. The number of rotatable bonds is 21. The maximum atomic E-state index is 12.2. The van der Waals surface area contributed by atoms with E-state index >= 15 is 0 Å². The highest BCUT2D eigenvalue weighted by Gasteiger charge is 2.30. The number of aliphatic hydroxyl groups is 8. The first-order valence-electron chi connectivity index (χ1n) is 12.0. The Kier molecular flexibility index (Phi) is 18.4. The zero-order valence-corrected chi connectivity index (χ0v) is 20.4. The van der Waals surface area contributed by atoms with Crippen LogP contribution in [0.5, 0.6) is 0 Å². The Morgan fingerprint density at radius 2 is 1.29 bits per heavy atom. The summed E-state index contributed by atoms with van der Waals surface area (Å²) >= 11 is 0. The van der Waals surface area contributed by atoms with Gasteiger partial charge in [-0.2, -0.15) is 0 Å². The second kappa shape index (κ2) is 19.0. The molecular formula is C22H43BN2O10. The summed E-state index contributed by atoms with van der Waals surface area (Å²) in [5.41, 5.74) is 0. The Balaban J connectivity index is 5.14. The van der Waals surface area contributed by atoms with Crippen molar-refractivity contribution in [3.8, 4) is 0 Å². The monoisotopic (exact) mass is 506 g/mol. The van der Waals surface area contributed by atoms with E-state index in [1.54, 1.807) is 0 Å². The minimum Gasteiger partial charge on any atom is -0.396 e. The zero-order valence-electron chi connectivity index (χ0n) is 20.4. The molecule has 0 fully saturated rings. The maximum absolute atomic E-state index is 12.2. The normalized spacial score (nSPS) is 17.9. The largest absolute Gasteiger partial charge is 0.396 e. The second-order valence-corrected chi connectivity index (χ2v) is 8.79. The van der Waals surface area contributed by atoms with Crippen LogP contribution in [0.2, 0.25) is 6.32 Å². The molecule has 13 heteroatoms. The number of amides is 1. The Labute approximate surface area is 208 Å². The number of ketones is 1. The molecule has 9 N–H and O–H groups in total. The van der Waals surface area contributed by atoms with E-state index in [-0.39, 0.29) is 70.1 Å². The number of aliphatic hydroxyl groups excluding tert-OH is 8. The number of hydrogen-bond acceptors (Lipinski definition) is 11. The van der Waals surface area contributed by atoms with Gasteiger partial charge in [0.15, 0.2) is 5.78 Å². The average molecular weight is 506 g/mol. The number of carbonyl (C=O) groups excluding carboxylic acids is 2. The van der Waals surface area contributed by atoms with Crippen molar-refractivity contribution in [3.05, 3.63) is 0 Å². The van der Waals surface area contributed by atoms with Crippen LogP contribution in [0.1, 0.15) is 45.4 Å². The predicted octanol–water partition coefficient (Wildman–Crippen LogP) is -3.56. The number of hydrogen-bond donors (Lipinski definition) is 9. The van der Waals surface area contributed by atoms with Gasteiger partial charge in [0, 0.05) is 39.6 Å². The van der Waals surface area contributed by atoms with Crippen molar-refractivity contribution >= 4 is 19.5 Å². The van der Waals surface area contributed by atoms with Crippen LogP contribution in [0, 0.1) is 0 Å². The fraction of sp³-hybridized carbons (Fsp3) is 0.909. The third-order valence-corrected chi connectivity index (χ3v) is 5.69. The van der Waals surface area contributed by atoms with Crippen molar-refractivity contribution in [1.82, 2.24) is 10.2 Å². The molecule has 0 rings (SSSR count). The van der Waals surface area contributed by atoms with Gasteiger partial charge in [-0.15, -0.1) is 0 Å². The standard InChI is InChI=1S/C22H43BN2O10/c1-14(28)24-15(16(29)5-8-23)4-2-3-9-25(12-19(32)21(34)17(30)6-10-26)13-20(33)22(35)18(31)7-11-27/h15,17-22,26-27,30-35H,2-13H2,1H3,(H,24,28). The van der Waals surface area contributed by atoms with Crippen molar-refractivity contribution in [2.24, 2.45) is 0 Å². The molecule has 1 amide bonds. The average Bonchev–Trinajstić information content (AvgIpc) is 2.79. The fourth-order valence-electron chi connectivity index (χ4n) is 3.68. The molecule has 0 heterocycles. The number of nitrogens with one attached hydrogen (secondary N) is 1. The van der Waals surface area contributed by atoms with E-state index in [0.29, 0.717) is 19.3 Å². The number of unbranched alkanes of at least 4 members (excludes halogenated alkanes) is 1. The summed E-state index contributed by atoms with van der Waals surface area (Å²) < 4.78 is 0. The molecule has 0 aromatic heterocycles. The van der Waals surface area contributed by atoms with Gasteiger partial charge in [0.2, 0.25) is 5.91 Å². The molecule has 0 aliphatic rings. The highest BCUT2D eigenvalue weighted by Crippen LogP contribution is 2.12. The molecule has 2 radical (unpaired) electrons. The Bertz CT molecular complexity index is 562. The minimum atomic E-state index is -1.57. The second-order valence-electron chi connectivity index (χ2n) is 8.79. The molecule has 204 valence electrons. The molecule has 0 spiro atoms. The summed E-state index contributed by atoms with van der Waals surface area (Å²) in [5, 5.41) is 81.0. The van der Waals surface area contributed by atoms with Gasteiger partial charge in [0.05, 0.1) is 38.3 Å². The first kappa shape index (κ1) is 33.8. The topological polar surface area (TPSA) is 211 Å². The summed E-state index contributed by atoms with van der Waals surface area (Å²) in [4.78, 5) is 25.1. The van der Waals surface area contributed by atoms with Crippen LogP contribution in [-0.4, -0.2) is 141 Å². The van der Waals surface area contributed by atoms with Crippen LogP contribution in [0.15, 0.2) is 0 Å². The molecule has 0 aromatic rings. The van der Waals surface area contributed by atoms with Gasteiger partial charge in [0.1, 0.15) is 12.2 Å². The van der Waals surface area contributed by atoms with E-state index in [1.807, 2.05) is 0 Å². The molecule has 0 saturated heterocycles. The van der Waals surface area contributed by atoms with E-state index < -0.39 is 42.7 Å². The van der Waals surface area contributed by atoms with Crippen molar-refractivity contribution in [2.45, 2.75) is 94.4 Å². The Morgan fingerprint density at radius 3 is 1.69 bits per heavy atom. The lowest BCUT2D eigenvalue weighted by Gasteiger charge is -2.32. The molecule has 0 aliphatic heterocycles. The summed E-state index contributed by atoms with van der Waals surface area (Å²) in [5.74, 6) is -0.536. The maximum Gasteiger partial charge on any atom is 0.217 e. The highest BCUT2D eigenvalue weighted by molar-refractivity contribution is 6.10. The third-order valence-electron chi connectivity index (χ3n) is 5.69. The van der Waals surface area contributed by atoms with E-state index in [1.165, 1.54) is 11.8 Å². The molecule has 7 atom stereocenters. The van der Waals surface area contributed by atoms with Crippen molar-refractivity contribution in [3.63, 3.8) is 0 Å². The van der Waals surface area contributed by atoms with Gasteiger partial charge in [-0.25, -0.2) is 0 Å². The van der Waals surface area contributed by atoms with Crippen LogP contribution in [-0.2, 0) is 9.59 Å². The molecule has 0 saturated carbocycles. The van der Waals surface area contributed by atoms with Gasteiger partial charge in [0.25, 0.3) is 0 Å². The third kappa shape index (κ3) is 14.2. The van der Waals surface area contributed by atoms with Gasteiger partial charge >= 0.3 is 0 Å². The first-order valence-corrected chi connectivity index (χ1v) is 12.0. The number of Topliss-reactive ketones (excluding diaryl/α,β-unsaturated/α-hetero) is 1. The smallest absolute Gasteiger partial charge is 0.217 e. The van der Waals surface area contributed by atoms with Crippen LogP contribution >= 0.6 is 0 Å². The summed E-state index contributed by atoms with van der Waals surface area (Å²) in [6.45, 7) is 0.370. The molecule has 12 nitrogen and oxygen atoms in total. The Hall–Kier alpha value is -1.16. The lowest BCUT2D eigenvalue weighted by atomic mass is 9.94. The van der Waals surface area contributed by atoms with Crippen LogP contribution in [0.4, 0.5) is 0 Å². The predicted molar refractivity (Wildman–Crippen MR) is 128 cm³/mol. The van der Waals surface area contributed by atoms with Gasteiger partial charge in [-0.1, -0.05) is 6.32 Å². The minimum absolute atomic E-state index is 0.123. The summed E-state index contributed by atoms with van der Waals surface area (Å²) in [6.07, 6.45) is -7.49. The fourth-order valence-corrected chi connectivity index (χ4v) is 3.68. The van der Waals surface area contributed by atoms with E-state index in [2.05, 4.69) is 5.32 Å². The van der Waals surface area contributed by atoms with E-state index in [0.717, 1.165) is 0 Å². The molecule has 0 aromatic carbocycles. The van der Waals surface area contributed by atoms with E-state index in [4.69, 9.17) is 18.1 Å². The van der Waals surface area contributed by atoms with Gasteiger partial charge < -0.3 is 46.2 Å². The quantitative estimate of drug-likeness (QED) is 0.0549. The lowest BCUT2D eigenvalue weighted by molar-refractivity contribution is -0.126. The molecule has 0 aliphatic carbocycles. The summed E-state index contributed by atoms with van der Waals surface area (Å²) in [7, 11) is 5.42. The molecule has 0 bridgehead atoms. The van der Waals surface area contributed by atoms with Crippen molar-refractivity contribution in [1.29, 1.82) is 0 Å². The molecule has 35 heavy (non-hydrogen) atoms. The van der Waals surface area contributed by atoms with Crippen molar-refractivity contribution < 1.29 is 50.4 Å².